The zero-order valence-electron chi connectivity index (χ0n) is 12.7. The highest BCUT2D eigenvalue weighted by Gasteiger charge is 2.29. The highest BCUT2D eigenvalue weighted by Crippen LogP contribution is 2.19. The van der Waals surface area contributed by atoms with Crippen LogP contribution in [0.3, 0.4) is 0 Å². The van der Waals surface area contributed by atoms with E-state index in [0.717, 1.165) is 12.8 Å². The highest BCUT2D eigenvalue weighted by molar-refractivity contribution is 5.85. The van der Waals surface area contributed by atoms with Crippen molar-refractivity contribution in [2.75, 3.05) is 32.8 Å². The largest absolute Gasteiger partial charge is 0.466 e. The number of hydrogen-bond donors (Lipinski definition) is 0. The van der Waals surface area contributed by atoms with Crippen LogP contribution in [0.4, 0.5) is 0 Å². The number of nitrogens with zero attached hydrogens (tertiary/aromatic N) is 2. The zero-order chi connectivity index (χ0) is 15.2. The predicted molar refractivity (Wildman–Crippen MR) is 76.4 cm³/mol. The quantitative estimate of drug-likeness (QED) is 0.720. The fourth-order valence-electron chi connectivity index (χ4n) is 2.92. The number of carbonyl (C=O) groups excluding carboxylic acids is 3. The number of carbonyl (C=O) groups is 3. The van der Waals surface area contributed by atoms with Gasteiger partial charge in [0.25, 0.3) is 0 Å². The molecule has 118 valence electrons. The van der Waals surface area contributed by atoms with Gasteiger partial charge >= 0.3 is 5.97 Å². The van der Waals surface area contributed by atoms with Crippen LogP contribution in [0, 0.1) is 5.92 Å². The first-order valence-electron chi connectivity index (χ1n) is 7.84. The molecule has 2 fully saturated rings. The van der Waals surface area contributed by atoms with E-state index in [9.17, 15) is 14.4 Å². The van der Waals surface area contributed by atoms with Crippen molar-refractivity contribution in [3.63, 3.8) is 0 Å². The molecule has 0 aromatic heterocycles. The van der Waals surface area contributed by atoms with Crippen molar-refractivity contribution in [1.82, 2.24) is 9.80 Å². The summed E-state index contributed by atoms with van der Waals surface area (Å²) in [5, 5.41) is 0. The molecule has 6 heteroatoms. The number of rotatable bonds is 4. The van der Waals surface area contributed by atoms with Crippen LogP contribution in [0.5, 0.6) is 0 Å². The average molecular weight is 296 g/mol. The maximum Gasteiger partial charge on any atom is 0.309 e. The molecule has 21 heavy (non-hydrogen) atoms. The Balaban J connectivity index is 1.77. The van der Waals surface area contributed by atoms with E-state index in [4.69, 9.17) is 4.74 Å². The Morgan fingerprint density at radius 2 is 1.90 bits per heavy atom. The first kappa shape index (κ1) is 15.8. The van der Waals surface area contributed by atoms with Gasteiger partial charge in [-0.25, -0.2) is 0 Å². The summed E-state index contributed by atoms with van der Waals surface area (Å²) in [6.45, 7) is 4.21. The molecule has 0 aromatic carbocycles. The van der Waals surface area contributed by atoms with Crippen LogP contribution >= 0.6 is 0 Å². The Labute approximate surface area is 125 Å². The first-order valence-corrected chi connectivity index (χ1v) is 7.84. The Kier molecular flexibility index (Phi) is 5.59. The third-order valence-corrected chi connectivity index (χ3v) is 4.22. The summed E-state index contributed by atoms with van der Waals surface area (Å²) in [4.78, 5) is 39.0. The van der Waals surface area contributed by atoms with E-state index in [0.29, 0.717) is 45.5 Å². The number of likely N-dealkylation sites (tertiary alicyclic amines) is 2. The third-order valence-electron chi connectivity index (χ3n) is 4.22. The first-order chi connectivity index (χ1) is 10.1. The van der Waals surface area contributed by atoms with Gasteiger partial charge in [-0.3, -0.25) is 14.4 Å². The Morgan fingerprint density at radius 1 is 1.19 bits per heavy atom. The predicted octanol–water partition coefficient (Wildman–Crippen LogP) is 0.801. The lowest BCUT2D eigenvalue weighted by Crippen LogP contribution is -2.47. The van der Waals surface area contributed by atoms with E-state index in [2.05, 4.69) is 0 Å². The minimum absolute atomic E-state index is 0.00689. The van der Waals surface area contributed by atoms with Gasteiger partial charge in [0, 0.05) is 26.1 Å². The molecule has 0 bridgehead atoms. The lowest BCUT2D eigenvalue weighted by molar-refractivity contribution is -0.151. The van der Waals surface area contributed by atoms with E-state index < -0.39 is 0 Å². The number of ether oxygens (including phenoxy) is 1. The normalized spacial score (nSPS) is 20.5. The van der Waals surface area contributed by atoms with Gasteiger partial charge < -0.3 is 14.5 Å². The average Bonchev–Trinajstić information content (AvgIpc) is 2.50. The van der Waals surface area contributed by atoms with Crippen molar-refractivity contribution in [1.29, 1.82) is 0 Å². The molecule has 2 amide bonds. The third kappa shape index (κ3) is 4.19. The van der Waals surface area contributed by atoms with Crippen molar-refractivity contribution in [2.24, 2.45) is 5.92 Å². The van der Waals surface area contributed by atoms with E-state index in [-0.39, 0.29) is 30.2 Å². The molecule has 2 rings (SSSR count). The monoisotopic (exact) mass is 296 g/mol. The summed E-state index contributed by atoms with van der Waals surface area (Å²) in [5.41, 5.74) is 0. The van der Waals surface area contributed by atoms with Crippen molar-refractivity contribution < 1.29 is 19.1 Å². The van der Waals surface area contributed by atoms with Gasteiger partial charge in [-0.2, -0.15) is 0 Å². The molecule has 0 radical (unpaired) electrons. The van der Waals surface area contributed by atoms with Gasteiger partial charge in [-0.15, -0.1) is 0 Å². The maximum absolute atomic E-state index is 12.2. The van der Waals surface area contributed by atoms with Crippen LogP contribution in [-0.2, 0) is 19.1 Å². The number of piperidine rings is 2. The highest BCUT2D eigenvalue weighted by atomic mass is 16.5. The summed E-state index contributed by atoms with van der Waals surface area (Å²) in [7, 11) is 0. The summed E-state index contributed by atoms with van der Waals surface area (Å²) in [6, 6.07) is 0. The van der Waals surface area contributed by atoms with E-state index in [1.807, 2.05) is 0 Å². The molecule has 0 saturated carbocycles. The summed E-state index contributed by atoms with van der Waals surface area (Å²) < 4.78 is 5.02. The second-order valence-corrected chi connectivity index (χ2v) is 5.68. The van der Waals surface area contributed by atoms with Gasteiger partial charge in [-0.05, 0) is 32.6 Å². The van der Waals surface area contributed by atoms with Gasteiger partial charge in [0.2, 0.25) is 11.8 Å². The minimum Gasteiger partial charge on any atom is -0.466 e. The van der Waals surface area contributed by atoms with Crippen LogP contribution in [0.1, 0.15) is 39.0 Å². The molecule has 0 atom stereocenters. The minimum atomic E-state index is -0.157. The van der Waals surface area contributed by atoms with Crippen molar-refractivity contribution >= 4 is 17.8 Å². The van der Waals surface area contributed by atoms with Crippen LogP contribution < -0.4 is 0 Å². The zero-order valence-corrected chi connectivity index (χ0v) is 12.7. The molecule has 6 nitrogen and oxygen atoms in total. The van der Waals surface area contributed by atoms with Crippen molar-refractivity contribution in [3.05, 3.63) is 0 Å². The summed E-state index contributed by atoms with van der Waals surface area (Å²) in [5.74, 6) is -0.176. The molecule has 0 aliphatic carbocycles. The van der Waals surface area contributed by atoms with Gasteiger partial charge in [-0.1, -0.05) is 0 Å². The van der Waals surface area contributed by atoms with Crippen LogP contribution in [0.2, 0.25) is 0 Å². The second kappa shape index (κ2) is 7.43. The fourth-order valence-corrected chi connectivity index (χ4v) is 2.92. The van der Waals surface area contributed by atoms with Crippen molar-refractivity contribution in [2.45, 2.75) is 39.0 Å². The van der Waals surface area contributed by atoms with Crippen LogP contribution in [-0.4, -0.2) is 60.4 Å². The summed E-state index contributed by atoms with van der Waals surface area (Å²) in [6.07, 6.45) is 3.76. The summed E-state index contributed by atoms with van der Waals surface area (Å²) >= 11 is 0. The fraction of sp³-hybridized carbons (Fsp3) is 0.800. The molecule has 0 unspecified atom stereocenters. The Hall–Kier alpha value is -1.59. The molecule has 2 aliphatic heterocycles. The van der Waals surface area contributed by atoms with Gasteiger partial charge in [0.15, 0.2) is 0 Å². The number of hydrogen-bond acceptors (Lipinski definition) is 4. The van der Waals surface area contributed by atoms with Crippen LogP contribution in [0.15, 0.2) is 0 Å². The van der Waals surface area contributed by atoms with E-state index in [1.54, 1.807) is 16.7 Å². The molecule has 2 heterocycles. The molecule has 0 aromatic rings. The topological polar surface area (TPSA) is 66.9 Å². The maximum atomic E-state index is 12.2. The Bertz CT molecular complexity index is 402. The number of esters is 1. The van der Waals surface area contributed by atoms with Gasteiger partial charge in [0.05, 0.1) is 19.1 Å². The van der Waals surface area contributed by atoms with Crippen molar-refractivity contribution in [3.8, 4) is 0 Å². The molecular weight excluding hydrogens is 272 g/mol. The SMILES string of the molecule is CCOC(=O)C1CCN(C(=O)CN2CCCCC2=O)CC1. The molecule has 2 aliphatic rings. The van der Waals surface area contributed by atoms with Crippen LogP contribution in [0.25, 0.3) is 0 Å². The molecule has 2 saturated heterocycles. The molecule has 0 spiro atoms. The lowest BCUT2D eigenvalue weighted by atomic mass is 9.97. The smallest absolute Gasteiger partial charge is 0.309 e. The Morgan fingerprint density at radius 3 is 2.52 bits per heavy atom. The van der Waals surface area contributed by atoms with E-state index in [1.165, 1.54) is 0 Å². The lowest BCUT2D eigenvalue weighted by Gasteiger charge is -2.33. The molecular formula is C15H24N2O4. The second-order valence-electron chi connectivity index (χ2n) is 5.68. The standard InChI is InChI=1S/C15H24N2O4/c1-2-21-15(20)12-6-9-16(10-7-12)14(19)11-17-8-4-3-5-13(17)18/h12H,2-11H2,1H3. The number of amides is 2. The molecule has 0 N–H and O–H groups in total. The van der Waals surface area contributed by atoms with E-state index >= 15 is 0 Å². The van der Waals surface area contributed by atoms with Gasteiger partial charge in [0.1, 0.15) is 0 Å².